The van der Waals surface area contributed by atoms with Gasteiger partial charge in [0.2, 0.25) is 0 Å². The maximum absolute atomic E-state index is 13.4. The van der Waals surface area contributed by atoms with Crippen LogP contribution in [0.3, 0.4) is 0 Å². The first-order valence-corrected chi connectivity index (χ1v) is 9.83. The van der Waals surface area contributed by atoms with Crippen LogP contribution in [0.4, 0.5) is 13.2 Å². The molecule has 1 saturated heterocycles. The summed E-state index contributed by atoms with van der Waals surface area (Å²) in [6, 6.07) is 5.29. The summed E-state index contributed by atoms with van der Waals surface area (Å²) in [5.74, 6) is -2.27. The van der Waals surface area contributed by atoms with Gasteiger partial charge < -0.3 is 29.6 Å². The number of aromatic nitrogens is 2. The summed E-state index contributed by atoms with van der Waals surface area (Å²) < 4.78 is 42.5. The molecule has 3 aromatic heterocycles. The second kappa shape index (κ2) is 9.58. The first-order valence-electron chi connectivity index (χ1n) is 9.83. The molecule has 178 valence electrons. The summed E-state index contributed by atoms with van der Waals surface area (Å²) in [5, 5.41) is 11.7. The van der Waals surface area contributed by atoms with E-state index in [1.54, 1.807) is 31.4 Å². The smallest absolute Gasteiger partial charge is 0.475 e. The van der Waals surface area contributed by atoms with Gasteiger partial charge in [0.05, 0.1) is 28.9 Å². The van der Waals surface area contributed by atoms with Crippen LogP contribution in [0.25, 0.3) is 22.6 Å². The van der Waals surface area contributed by atoms with E-state index >= 15 is 0 Å². The van der Waals surface area contributed by atoms with E-state index in [-0.39, 0.29) is 11.9 Å². The van der Waals surface area contributed by atoms with E-state index in [1.165, 1.54) is 0 Å². The van der Waals surface area contributed by atoms with Gasteiger partial charge in [0.25, 0.3) is 11.6 Å². The number of amides is 1. The second-order valence-electron chi connectivity index (χ2n) is 7.43. The Labute approximate surface area is 185 Å². The van der Waals surface area contributed by atoms with Crippen molar-refractivity contribution >= 4 is 23.0 Å². The molecule has 0 aromatic carbocycles. The van der Waals surface area contributed by atoms with Gasteiger partial charge in [-0.05, 0) is 32.2 Å². The van der Waals surface area contributed by atoms with E-state index in [9.17, 15) is 18.0 Å². The number of aryl methyl sites for hydroxylation is 1. The van der Waals surface area contributed by atoms with Crippen LogP contribution in [0.2, 0.25) is 0 Å². The van der Waals surface area contributed by atoms with E-state index in [1.807, 2.05) is 11.9 Å². The summed E-state index contributed by atoms with van der Waals surface area (Å²) in [6.07, 6.45) is -3.51. The number of carbonyl (C=O) groups is 2. The van der Waals surface area contributed by atoms with Crippen molar-refractivity contribution < 1.29 is 36.8 Å². The largest absolute Gasteiger partial charge is 0.490 e. The van der Waals surface area contributed by atoms with Crippen LogP contribution < -0.4 is 5.73 Å². The number of pyridine rings is 1. The molecule has 10 nitrogen and oxygen atoms in total. The van der Waals surface area contributed by atoms with Crippen LogP contribution in [0.1, 0.15) is 16.1 Å². The first-order chi connectivity index (χ1) is 15.5. The molecule has 1 fully saturated rings. The van der Waals surface area contributed by atoms with Gasteiger partial charge in [-0.15, -0.1) is 0 Å². The van der Waals surface area contributed by atoms with Crippen LogP contribution in [0, 0.1) is 6.92 Å². The minimum absolute atomic E-state index is 0.0308. The maximum Gasteiger partial charge on any atom is 0.490 e. The van der Waals surface area contributed by atoms with Gasteiger partial charge in [0.1, 0.15) is 5.69 Å². The van der Waals surface area contributed by atoms with Crippen molar-refractivity contribution in [3.05, 3.63) is 35.7 Å². The lowest BCUT2D eigenvalue weighted by atomic mass is 10.0. The highest BCUT2D eigenvalue weighted by Gasteiger charge is 2.38. The van der Waals surface area contributed by atoms with Crippen molar-refractivity contribution in [2.75, 3.05) is 33.2 Å². The number of hydrogen-bond acceptors (Lipinski definition) is 8. The predicted molar refractivity (Wildman–Crippen MR) is 109 cm³/mol. The number of carbonyl (C=O) groups excluding carboxylic acids is 1. The number of rotatable bonds is 3. The fourth-order valence-corrected chi connectivity index (χ4v) is 3.45. The SMILES string of the molecule is Cc1noc2nc(-c3ccco3)cc(C(=O)N3CCN(C)CC3CN)c12.O=C(O)C(F)(F)F. The Balaban J connectivity index is 0.000000383. The normalized spacial score (nSPS) is 17.0. The topological polar surface area (TPSA) is 139 Å². The molecule has 0 radical (unpaired) electrons. The number of likely N-dealkylation sites (N-methyl/N-ethyl adjacent to an activating group) is 1. The van der Waals surface area contributed by atoms with Crippen molar-refractivity contribution in [2.45, 2.75) is 19.1 Å². The fourth-order valence-electron chi connectivity index (χ4n) is 3.45. The average molecular weight is 469 g/mol. The van der Waals surface area contributed by atoms with Crippen LogP contribution in [0.15, 0.2) is 33.4 Å². The van der Waals surface area contributed by atoms with Crippen molar-refractivity contribution in [2.24, 2.45) is 5.73 Å². The molecule has 1 atom stereocenters. The molecule has 1 aliphatic rings. The molecule has 0 saturated carbocycles. The van der Waals surface area contributed by atoms with Crippen LogP contribution in [0.5, 0.6) is 0 Å². The highest BCUT2D eigenvalue weighted by molar-refractivity contribution is 6.07. The Bertz CT molecular complexity index is 1130. The summed E-state index contributed by atoms with van der Waals surface area (Å²) in [6.45, 7) is 4.41. The van der Waals surface area contributed by atoms with Crippen molar-refractivity contribution in [3.8, 4) is 11.5 Å². The van der Waals surface area contributed by atoms with Gasteiger partial charge in [-0.25, -0.2) is 9.78 Å². The minimum Gasteiger partial charge on any atom is -0.475 e. The van der Waals surface area contributed by atoms with Crippen LogP contribution in [-0.4, -0.2) is 82.4 Å². The monoisotopic (exact) mass is 469 g/mol. The zero-order chi connectivity index (χ0) is 24.3. The molecular weight excluding hydrogens is 447 g/mol. The van der Waals surface area contributed by atoms with Gasteiger partial charge in [0, 0.05) is 26.2 Å². The number of nitrogens with two attached hydrogens (primary N) is 1. The first kappa shape index (κ1) is 24.2. The second-order valence-corrected chi connectivity index (χ2v) is 7.43. The number of carboxylic acid groups (broad SMARTS) is 1. The lowest BCUT2D eigenvalue weighted by Crippen LogP contribution is -2.56. The Morgan fingerprint density at radius 2 is 2.03 bits per heavy atom. The molecule has 0 spiro atoms. The molecule has 1 unspecified atom stereocenters. The molecule has 3 N–H and O–H groups in total. The zero-order valence-corrected chi connectivity index (χ0v) is 17.8. The number of carboxylic acids is 1. The van der Waals surface area contributed by atoms with E-state index < -0.39 is 12.1 Å². The summed E-state index contributed by atoms with van der Waals surface area (Å²) in [4.78, 5) is 30.8. The number of halogens is 3. The Morgan fingerprint density at radius 1 is 1.33 bits per heavy atom. The molecule has 13 heteroatoms. The highest BCUT2D eigenvalue weighted by Crippen LogP contribution is 2.29. The van der Waals surface area contributed by atoms with Gasteiger partial charge in [-0.1, -0.05) is 5.16 Å². The molecule has 3 aromatic rings. The Morgan fingerprint density at radius 3 is 2.61 bits per heavy atom. The number of nitrogens with zero attached hydrogens (tertiary/aromatic N) is 4. The Kier molecular flexibility index (Phi) is 7.03. The third-order valence-corrected chi connectivity index (χ3v) is 5.08. The number of alkyl halides is 3. The van der Waals surface area contributed by atoms with E-state index in [4.69, 9.17) is 24.6 Å². The molecule has 1 amide bonds. The molecule has 4 heterocycles. The highest BCUT2D eigenvalue weighted by atomic mass is 19.4. The fraction of sp³-hybridized carbons (Fsp3) is 0.400. The zero-order valence-electron chi connectivity index (χ0n) is 17.8. The third-order valence-electron chi connectivity index (χ3n) is 5.08. The molecule has 1 aliphatic heterocycles. The van der Waals surface area contributed by atoms with Gasteiger partial charge in [-0.2, -0.15) is 13.2 Å². The van der Waals surface area contributed by atoms with Gasteiger partial charge in [-0.3, -0.25) is 4.79 Å². The molecule has 33 heavy (non-hydrogen) atoms. The van der Waals surface area contributed by atoms with Gasteiger partial charge in [0.15, 0.2) is 5.76 Å². The third kappa shape index (κ3) is 5.31. The quantitative estimate of drug-likeness (QED) is 0.591. The lowest BCUT2D eigenvalue weighted by molar-refractivity contribution is -0.192. The molecule has 0 aliphatic carbocycles. The summed E-state index contributed by atoms with van der Waals surface area (Å²) in [7, 11) is 2.04. The molecular formula is C20H22F3N5O5. The van der Waals surface area contributed by atoms with Crippen molar-refractivity contribution in [1.29, 1.82) is 0 Å². The standard InChI is InChI=1S/C18H21N5O3.C2HF3O2/c1-11-16-13(18(24)23-6-5-22(2)10-12(23)9-19)8-14(15-4-3-7-25-15)20-17(16)26-21-11;3-2(4,5)1(6)7/h3-4,7-8,12H,5-6,9-10,19H2,1-2H3;(H,6,7). The van der Waals surface area contributed by atoms with Crippen molar-refractivity contribution in [1.82, 2.24) is 19.9 Å². The van der Waals surface area contributed by atoms with Crippen molar-refractivity contribution in [3.63, 3.8) is 0 Å². The van der Waals surface area contributed by atoms with E-state index in [0.717, 1.165) is 13.1 Å². The molecule has 0 bridgehead atoms. The minimum atomic E-state index is -5.08. The summed E-state index contributed by atoms with van der Waals surface area (Å²) in [5.41, 5.74) is 7.95. The number of fused-ring (bicyclic) bond motifs is 1. The predicted octanol–water partition coefficient (Wildman–Crippen LogP) is 2.14. The maximum atomic E-state index is 13.4. The van der Waals surface area contributed by atoms with E-state index in [0.29, 0.717) is 46.9 Å². The van der Waals surface area contributed by atoms with Crippen LogP contribution >= 0.6 is 0 Å². The summed E-state index contributed by atoms with van der Waals surface area (Å²) >= 11 is 0. The average Bonchev–Trinajstić information content (AvgIpc) is 3.43. The lowest BCUT2D eigenvalue weighted by Gasteiger charge is -2.39. The Hall–Kier alpha value is -3.45. The number of furan rings is 1. The number of piperazine rings is 1. The number of aliphatic carboxylic acids is 1. The van der Waals surface area contributed by atoms with Crippen LogP contribution in [-0.2, 0) is 4.79 Å². The van der Waals surface area contributed by atoms with Gasteiger partial charge >= 0.3 is 12.1 Å². The molecule has 4 rings (SSSR count). The van der Waals surface area contributed by atoms with E-state index in [2.05, 4.69) is 15.0 Å². The number of hydrogen-bond donors (Lipinski definition) is 2.